The number of sulfonamides is 1. The van der Waals surface area contributed by atoms with E-state index in [1.165, 1.54) is 6.42 Å². The third-order valence-electron chi connectivity index (χ3n) is 4.37. The van der Waals surface area contributed by atoms with Crippen LogP contribution < -0.4 is 10.0 Å². The van der Waals surface area contributed by atoms with Crippen LogP contribution >= 0.6 is 0 Å². The SMILES string of the molecule is CNC(C)c1ccc(S(=O)(=O)NCC2(C)CCC2)cc1. The van der Waals surface area contributed by atoms with Crippen molar-refractivity contribution in [1.29, 1.82) is 0 Å². The molecule has 1 aliphatic carbocycles. The van der Waals surface area contributed by atoms with E-state index in [0.717, 1.165) is 18.4 Å². The van der Waals surface area contributed by atoms with Gasteiger partial charge >= 0.3 is 0 Å². The summed E-state index contributed by atoms with van der Waals surface area (Å²) in [4.78, 5) is 0.340. The summed E-state index contributed by atoms with van der Waals surface area (Å²) in [6, 6.07) is 7.29. The summed E-state index contributed by atoms with van der Waals surface area (Å²) in [6.07, 6.45) is 3.41. The van der Waals surface area contributed by atoms with Gasteiger partial charge in [0, 0.05) is 12.6 Å². The highest BCUT2D eigenvalue weighted by Gasteiger charge is 2.33. The number of rotatable bonds is 6. The quantitative estimate of drug-likeness (QED) is 0.847. The lowest BCUT2D eigenvalue weighted by molar-refractivity contribution is 0.166. The molecule has 0 saturated heterocycles. The van der Waals surface area contributed by atoms with E-state index in [1.54, 1.807) is 12.1 Å². The lowest BCUT2D eigenvalue weighted by Crippen LogP contribution is -2.39. The van der Waals surface area contributed by atoms with Crippen LogP contribution in [0.4, 0.5) is 0 Å². The van der Waals surface area contributed by atoms with Gasteiger partial charge in [0.25, 0.3) is 0 Å². The normalized spacial score (nSPS) is 19.4. The van der Waals surface area contributed by atoms with Crippen LogP contribution in [0.15, 0.2) is 29.2 Å². The molecule has 1 aliphatic rings. The Bertz CT molecular complexity index is 548. The standard InChI is InChI=1S/C15H24N2O2S/c1-12(16-3)13-5-7-14(8-6-13)20(18,19)17-11-15(2)9-4-10-15/h5-8,12,16-17H,4,9-11H2,1-3H3. The second-order valence-electron chi connectivity index (χ2n) is 6.07. The van der Waals surface area contributed by atoms with Gasteiger partial charge < -0.3 is 5.32 Å². The maximum absolute atomic E-state index is 12.2. The molecule has 5 heteroatoms. The molecule has 20 heavy (non-hydrogen) atoms. The molecule has 1 aromatic rings. The first-order valence-electron chi connectivity index (χ1n) is 7.13. The van der Waals surface area contributed by atoms with E-state index in [-0.39, 0.29) is 11.5 Å². The van der Waals surface area contributed by atoms with Gasteiger partial charge in [0.05, 0.1) is 4.90 Å². The fourth-order valence-corrected chi connectivity index (χ4v) is 3.61. The second kappa shape index (κ2) is 5.84. The number of nitrogens with one attached hydrogen (secondary N) is 2. The van der Waals surface area contributed by atoms with Gasteiger partial charge in [-0.1, -0.05) is 25.5 Å². The van der Waals surface area contributed by atoms with Crippen LogP contribution in [0.1, 0.15) is 44.7 Å². The molecule has 2 N–H and O–H groups in total. The van der Waals surface area contributed by atoms with Crippen molar-refractivity contribution in [1.82, 2.24) is 10.0 Å². The molecule has 0 amide bonds. The molecule has 4 nitrogen and oxygen atoms in total. The number of hydrogen-bond donors (Lipinski definition) is 2. The van der Waals surface area contributed by atoms with Crippen LogP contribution in [-0.2, 0) is 10.0 Å². The van der Waals surface area contributed by atoms with Gasteiger partial charge in [-0.25, -0.2) is 13.1 Å². The molecule has 1 atom stereocenters. The Hall–Kier alpha value is -0.910. The molecule has 112 valence electrons. The van der Waals surface area contributed by atoms with Crippen molar-refractivity contribution in [2.45, 2.75) is 44.0 Å². The highest BCUT2D eigenvalue weighted by molar-refractivity contribution is 7.89. The van der Waals surface area contributed by atoms with Gasteiger partial charge in [-0.05, 0) is 49.9 Å². The predicted octanol–water partition coefficient (Wildman–Crippen LogP) is 2.44. The molecular weight excluding hydrogens is 272 g/mol. The summed E-state index contributed by atoms with van der Waals surface area (Å²) < 4.78 is 27.2. The summed E-state index contributed by atoms with van der Waals surface area (Å²) >= 11 is 0. The Balaban J connectivity index is 2.05. The van der Waals surface area contributed by atoms with Crippen LogP contribution in [0.25, 0.3) is 0 Å². The zero-order chi connectivity index (χ0) is 14.8. The van der Waals surface area contributed by atoms with Crippen LogP contribution in [0.5, 0.6) is 0 Å². The molecule has 0 aliphatic heterocycles. The van der Waals surface area contributed by atoms with E-state index in [0.29, 0.717) is 11.4 Å². The number of hydrogen-bond acceptors (Lipinski definition) is 3. The van der Waals surface area contributed by atoms with Crippen LogP contribution in [0.2, 0.25) is 0 Å². The first-order valence-corrected chi connectivity index (χ1v) is 8.62. The minimum absolute atomic E-state index is 0.146. The van der Waals surface area contributed by atoms with E-state index in [9.17, 15) is 8.42 Å². The van der Waals surface area contributed by atoms with Crippen LogP contribution in [-0.4, -0.2) is 22.0 Å². The van der Waals surface area contributed by atoms with Crippen molar-refractivity contribution in [3.8, 4) is 0 Å². The summed E-state index contributed by atoms with van der Waals surface area (Å²) in [5.41, 5.74) is 1.23. The molecule has 2 rings (SSSR count). The van der Waals surface area contributed by atoms with Crippen molar-refractivity contribution in [2.75, 3.05) is 13.6 Å². The molecule has 1 aromatic carbocycles. The zero-order valence-electron chi connectivity index (χ0n) is 12.4. The topological polar surface area (TPSA) is 58.2 Å². The summed E-state index contributed by atoms with van der Waals surface area (Å²) in [6.45, 7) is 4.71. The van der Waals surface area contributed by atoms with Crippen molar-refractivity contribution < 1.29 is 8.42 Å². The maximum Gasteiger partial charge on any atom is 0.240 e. The Morgan fingerprint density at radius 2 is 1.85 bits per heavy atom. The van der Waals surface area contributed by atoms with E-state index in [2.05, 4.69) is 17.0 Å². The fourth-order valence-electron chi connectivity index (χ4n) is 2.41. The Morgan fingerprint density at radius 3 is 2.30 bits per heavy atom. The van der Waals surface area contributed by atoms with Crippen molar-refractivity contribution in [2.24, 2.45) is 5.41 Å². The van der Waals surface area contributed by atoms with Crippen molar-refractivity contribution in [3.63, 3.8) is 0 Å². The Labute approximate surface area is 122 Å². The molecule has 1 saturated carbocycles. The Morgan fingerprint density at radius 1 is 1.25 bits per heavy atom. The summed E-state index contributed by atoms with van der Waals surface area (Å²) in [5, 5.41) is 3.13. The van der Waals surface area contributed by atoms with Gasteiger partial charge in [-0.2, -0.15) is 0 Å². The smallest absolute Gasteiger partial charge is 0.240 e. The van der Waals surface area contributed by atoms with E-state index >= 15 is 0 Å². The summed E-state index contributed by atoms with van der Waals surface area (Å²) in [7, 11) is -1.50. The minimum atomic E-state index is -3.39. The third-order valence-corrected chi connectivity index (χ3v) is 5.79. The van der Waals surface area contributed by atoms with Gasteiger partial charge in [-0.15, -0.1) is 0 Å². The second-order valence-corrected chi connectivity index (χ2v) is 7.84. The van der Waals surface area contributed by atoms with Crippen molar-refractivity contribution in [3.05, 3.63) is 29.8 Å². The first-order chi connectivity index (χ1) is 9.36. The van der Waals surface area contributed by atoms with E-state index in [4.69, 9.17) is 0 Å². The monoisotopic (exact) mass is 296 g/mol. The highest BCUT2D eigenvalue weighted by atomic mass is 32.2. The van der Waals surface area contributed by atoms with Gasteiger partial charge in [0.2, 0.25) is 10.0 Å². The lowest BCUT2D eigenvalue weighted by Gasteiger charge is -2.38. The average molecular weight is 296 g/mol. The molecule has 0 radical (unpaired) electrons. The lowest BCUT2D eigenvalue weighted by atomic mass is 9.71. The third kappa shape index (κ3) is 3.40. The zero-order valence-corrected chi connectivity index (χ0v) is 13.3. The van der Waals surface area contributed by atoms with Crippen LogP contribution in [0.3, 0.4) is 0 Å². The number of benzene rings is 1. The molecule has 1 fully saturated rings. The maximum atomic E-state index is 12.2. The molecule has 0 spiro atoms. The molecule has 0 heterocycles. The molecular formula is C15H24N2O2S. The molecule has 0 bridgehead atoms. The van der Waals surface area contributed by atoms with E-state index in [1.807, 2.05) is 26.1 Å². The fraction of sp³-hybridized carbons (Fsp3) is 0.600. The molecule has 1 unspecified atom stereocenters. The van der Waals surface area contributed by atoms with Gasteiger partial charge in [0.1, 0.15) is 0 Å². The largest absolute Gasteiger partial charge is 0.313 e. The van der Waals surface area contributed by atoms with Crippen molar-refractivity contribution >= 4 is 10.0 Å². The van der Waals surface area contributed by atoms with Gasteiger partial charge in [0.15, 0.2) is 0 Å². The predicted molar refractivity (Wildman–Crippen MR) is 81.1 cm³/mol. The van der Waals surface area contributed by atoms with E-state index < -0.39 is 10.0 Å². The van der Waals surface area contributed by atoms with Crippen LogP contribution in [0, 0.1) is 5.41 Å². The molecule has 0 aromatic heterocycles. The Kier molecular flexibility index (Phi) is 4.52. The first kappa shape index (κ1) is 15.5. The average Bonchev–Trinajstić information content (AvgIpc) is 2.42. The highest BCUT2D eigenvalue weighted by Crippen LogP contribution is 2.39. The summed E-state index contributed by atoms with van der Waals surface area (Å²) in [5.74, 6) is 0. The minimum Gasteiger partial charge on any atom is -0.313 e. The van der Waals surface area contributed by atoms with Gasteiger partial charge in [-0.3, -0.25) is 0 Å².